The molecule has 1 N–H and O–H groups in total. The van der Waals surface area contributed by atoms with Gasteiger partial charge in [-0.2, -0.15) is 0 Å². The first-order chi connectivity index (χ1) is 7.66. The van der Waals surface area contributed by atoms with E-state index in [1.807, 2.05) is 6.20 Å². The predicted octanol–water partition coefficient (Wildman–Crippen LogP) is 4.16. The van der Waals surface area contributed by atoms with Crippen LogP contribution < -0.4 is 0 Å². The molecule has 2 rings (SSSR count). The van der Waals surface area contributed by atoms with Crippen molar-refractivity contribution in [3.8, 4) is 0 Å². The second-order valence-corrected chi connectivity index (χ2v) is 5.68. The third kappa shape index (κ3) is 2.74. The molecule has 84 valence electrons. The van der Waals surface area contributed by atoms with Crippen molar-refractivity contribution in [2.45, 2.75) is 18.2 Å². The number of rotatable bonds is 3. The second kappa shape index (κ2) is 5.15. The van der Waals surface area contributed by atoms with Crippen LogP contribution in [0.25, 0.3) is 0 Å². The molecule has 1 aromatic carbocycles. The van der Waals surface area contributed by atoms with Crippen molar-refractivity contribution in [1.82, 2.24) is 9.97 Å². The average molecular weight is 344 g/mol. The molecule has 1 atom stereocenters. The lowest BCUT2D eigenvalue weighted by Crippen LogP contribution is -1.97. The maximum atomic E-state index is 4.22. The summed E-state index contributed by atoms with van der Waals surface area (Å²) in [4.78, 5) is 7.62. The number of imidazole rings is 1. The van der Waals surface area contributed by atoms with Crippen LogP contribution in [0.4, 0.5) is 0 Å². The van der Waals surface area contributed by atoms with E-state index in [2.05, 4.69) is 67.0 Å². The van der Waals surface area contributed by atoms with Crippen LogP contribution in [-0.4, -0.2) is 9.97 Å². The molecule has 2 aromatic rings. The van der Waals surface area contributed by atoms with Gasteiger partial charge in [0.05, 0.1) is 0 Å². The Balaban J connectivity index is 2.14. The van der Waals surface area contributed by atoms with Gasteiger partial charge in [-0.25, -0.2) is 4.98 Å². The van der Waals surface area contributed by atoms with E-state index in [9.17, 15) is 0 Å². The minimum absolute atomic E-state index is 0.288. The minimum atomic E-state index is 0.288. The lowest BCUT2D eigenvalue weighted by molar-refractivity contribution is 0.875. The van der Waals surface area contributed by atoms with Crippen LogP contribution in [0.15, 0.2) is 35.1 Å². The molecule has 0 saturated heterocycles. The first kappa shape index (κ1) is 11.9. The molecule has 2 nitrogen and oxygen atoms in total. The molecule has 16 heavy (non-hydrogen) atoms. The fraction of sp³-hybridized carbons (Fsp3) is 0.250. The summed E-state index contributed by atoms with van der Waals surface area (Å²) in [7, 11) is 0. The van der Waals surface area contributed by atoms with Gasteiger partial charge in [-0.1, -0.05) is 44.0 Å². The molecule has 1 aromatic heterocycles. The summed E-state index contributed by atoms with van der Waals surface area (Å²) in [5, 5.41) is 0. The van der Waals surface area contributed by atoms with Gasteiger partial charge in [0.25, 0.3) is 0 Å². The Bertz CT molecular complexity index is 466. The first-order valence-corrected chi connectivity index (χ1v) is 6.76. The number of halogens is 2. The summed E-state index contributed by atoms with van der Waals surface area (Å²) in [5.41, 5.74) is 2.51. The van der Waals surface area contributed by atoms with Gasteiger partial charge in [-0.3, -0.25) is 0 Å². The maximum absolute atomic E-state index is 4.22. The Morgan fingerprint density at radius 2 is 2.25 bits per heavy atom. The van der Waals surface area contributed by atoms with Crippen molar-refractivity contribution in [1.29, 1.82) is 0 Å². The van der Waals surface area contributed by atoms with Crippen molar-refractivity contribution in [2.24, 2.45) is 0 Å². The number of hydrogen-bond donors (Lipinski definition) is 1. The van der Waals surface area contributed by atoms with Gasteiger partial charge < -0.3 is 4.98 Å². The molecule has 0 aliphatic heterocycles. The average Bonchev–Trinajstić information content (AvgIpc) is 2.74. The number of hydrogen-bond acceptors (Lipinski definition) is 1. The zero-order chi connectivity index (χ0) is 11.5. The smallest absolute Gasteiger partial charge is 0.107 e. The molecule has 0 spiro atoms. The van der Waals surface area contributed by atoms with Gasteiger partial charge in [-0.15, -0.1) is 0 Å². The van der Waals surface area contributed by atoms with Crippen LogP contribution in [0, 0.1) is 6.92 Å². The standard InChI is InChI=1S/C12H12Br2N2/c1-8-2-3-9(6-10(8)13)11(14)7-12-15-4-5-16-12/h2-6,11H,7H2,1H3,(H,15,16). The fourth-order valence-corrected chi connectivity index (χ4v) is 2.49. The van der Waals surface area contributed by atoms with E-state index >= 15 is 0 Å². The normalized spacial score (nSPS) is 12.7. The van der Waals surface area contributed by atoms with Crippen LogP contribution in [-0.2, 0) is 6.42 Å². The molecule has 0 aliphatic rings. The van der Waals surface area contributed by atoms with Gasteiger partial charge in [0.1, 0.15) is 5.82 Å². The molecule has 0 radical (unpaired) electrons. The highest BCUT2D eigenvalue weighted by atomic mass is 79.9. The Morgan fingerprint density at radius 1 is 1.44 bits per heavy atom. The number of nitrogens with zero attached hydrogens (tertiary/aromatic N) is 1. The van der Waals surface area contributed by atoms with E-state index < -0.39 is 0 Å². The molecule has 0 fully saturated rings. The summed E-state index contributed by atoms with van der Waals surface area (Å²) in [6, 6.07) is 6.41. The van der Waals surface area contributed by atoms with Crippen molar-refractivity contribution < 1.29 is 0 Å². The lowest BCUT2D eigenvalue weighted by atomic mass is 10.1. The largest absolute Gasteiger partial charge is 0.349 e. The van der Waals surface area contributed by atoms with Crippen LogP contribution in [0.5, 0.6) is 0 Å². The lowest BCUT2D eigenvalue weighted by Gasteiger charge is -2.10. The van der Waals surface area contributed by atoms with E-state index in [0.717, 1.165) is 16.7 Å². The molecule has 1 heterocycles. The molecule has 0 aliphatic carbocycles. The van der Waals surface area contributed by atoms with E-state index in [0.29, 0.717) is 0 Å². The molecular formula is C12H12Br2N2. The number of H-pyrrole nitrogens is 1. The van der Waals surface area contributed by atoms with Gasteiger partial charge in [0.2, 0.25) is 0 Å². The van der Waals surface area contributed by atoms with E-state index in [-0.39, 0.29) is 4.83 Å². The Labute approximate surface area is 112 Å². The van der Waals surface area contributed by atoms with Gasteiger partial charge in [-0.05, 0) is 24.1 Å². The summed E-state index contributed by atoms with van der Waals surface area (Å²) in [6.45, 7) is 2.09. The summed E-state index contributed by atoms with van der Waals surface area (Å²) in [5.74, 6) is 0.999. The molecule has 1 unspecified atom stereocenters. The number of aromatic nitrogens is 2. The molecule has 0 bridgehead atoms. The van der Waals surface area contributed by atoms with Crippen LogP contribution in [0.3, 0.4) is 0 Å². The predicted molar refractivity (Wildman–Crippen MR) is 72.8 cm³/mol. The van der Waals surface area contributed by atoms with Crippen molar-refractivity contribution in [3.05, 3.63) is 52.0 Å². The topological polar surface area (TPSA) is 28.7 Å². The molecule has 4 heteroatoms. The summed E-state index contributed by atoms with van der Waals surface area (Å²) in [6.07, 6.45) is 4.49. The van der Waals surface area contributed by atoms with Crippen LogP contribution in [0.1, 0.15) is 21.8 Å². The van der Waals surface area contributed by atoms with E-state index in [4.69, 9.17) is 0 Å². The first-order valence-electron chi connectivity index (χ1n) is 5.05. The summed E-state index contributed by atoms with van der Waals surface area (Å²) < 4.78 is 1.15. The maximum Gasteiger partial charge on any atom is 0.107 e. The highest BCUT2D eigenvalue weighted by Crippen LogP contribution is 2.29. The molecular weight excluding hydrogens is 332 g/mol. The van der Waals surface area contributed by atoms with Crippen molar-refractivity contribution in [3.63, 3.8) is 0 Å². The van der Waals surface area contributed by atoms with Crippen LogP contribution >= 0.6 is 31.9 Å². The quantitative estimate of drug-likeness (QED) is 0.833. The third-order valence-electron chi connectivity index (χ3n) is 2.48. The van der Waals surface area contributed by atoms with Gasteiger partial charge >= 0.3 is 0 Å². The highest BCUT2D eigenvalue weighted by Gasteiger charge is 2.10. The van der Waals surface area contributed by atoms with Crippen LogP contribution in [0.2, 0.25) is 0 Å². The monoisotopic (exact) mass is 342 g/mol. The minimum Gasteiger partial charge on any atom is -0.349 e. The Hall–Kier alpha value is -0.610. The zero-order valence-corrected chi connectivity index (χ0v) is 12.0. The fourth-order valence-electron chi connectivity index (χ4n) is 1.50. The van der Waals surface area contributed by atoms with Crippen molar-refractivity contribution in [2.75, 3.05) is 0 Å². The van der Waals surface area contributed by atoms with Gasteiger partial charge in [0, 0.05) is 28.1 Å². The number of aryl methyl sites for hydroxylation is 1. The molecule has 0 amide bonds. The van der Waals surface area contributed by atoms with Gasteiger partial charge in [0.15, 0.2) is 0 Å². The number of alkyl halides is 1. The molecule has 0 saturated carbocycles. The summed E-state index contributed by atoms with van der Waals surface area (Å²) >= 11 is 7.23. The number of nitrogens with one attached hydrogen (secondary N) is 1. The SMILES string of the molecule is Cc1ccc(C(Br)Cc2ncc[nH]2)cc1Br. The van der Waals surface area contributed by atoms with E-state index in [1.165, 1.54) is 11.1 Å². The zero-order valence-electron chi connectivity index (χ0n) is 8.87. The number of aromatic amines is 1. The second-order valence-electron chi connectivity index (χ2n) is 3.72. The highest BCUT2D eigenvalue weighted by molar-refractivity contribution is 9.10. The van der Waals surface area contributed by atoms with Crippen molar-refractivity contribution >= 4 is 31.9 Å². The van der Waals surface area contributed by atoms with E-state index in [1.54, 1.807) is 6.20 Å². The number of benzene rings is 1. The Kier molecular flexibility index (Phi) is 3.82. The Morgan fingerprint density at radius 3 is 2.88 bits per heavy atom. The third-order valence-corrected chi connectivity index (χ3v) is 4.19.